The minimum Gasteiger partial charge on any atom is -0.366 e. The largest absolute Gasteiger partial charge is 0.366 e. The van der Waals surface area contributed by atoms with E-state index in [0.29, 0.717) is 10.7 Å². The van der Waals surface area contributed by atoms with Crippen LogP contribution in [-0.2, 0) is 14.3 Å². The van der Waals surface area contributed by atoms with Crippen molar-refractivity contribution in [2.75, 3.05) is 12.0 Å². The van der Waals surface area contributed by atoms with Gasteiger partial charge in [0.2, 0.25) is 11.8 Å². The van der Waals surface area contributed by atoms with Crippen molar-refractivity contribution in [2.45, 2.75) is 12.2 Å². The summed E-state index contributed by atoms with van der Waals surface area (Å²) in [5, 5.41) is 3.60. The molecule has 0 spiro atoms. The highest BCUT2D eigenvalue weighted by molar-refractivity contribution is 6.33. The number of rotatable bonds is 3. The number of hydrogen-bond donors (Lipinski definition) is 1. The molecule has 4 atom stereocenters. The van der Waals surface area contributed by atoms with Gasteiger partial charge < -0.3 is 10.1 Å². The van der Waals surface area contributed by atoms with E-state index in [9.17, 15) is 9.59 Å². The topological polar surface area (TPSA) is 58.6 Å². The van der Waals surface area contributed by atoms with E-state index in [0.717, 1.165) is 0 Å². The second-order valence-electron chi connectivity index (χ2n) is 5.42. The van der Waals surface area contributed by atoms with Gasteiger partial charge in [0.15, 0.2) is 0 Å². The quantitative estimate of drug-likeness (QED) is 0.681. The lowest BCUT2D eigenvalue weighted by Crippen LogP contribution is -2.38. The van der Waals surface area contributed by atoms with Gasteiger partial charge >= 0.3 is 0 Å². The number of likely N-dealkylation sites (tertiary alicyclic amines) is 1. The summed E-state index contributed by atoms with van der Waals surface area (Å²) in [6.45, 7) is 0.133. The first-order valence-corrected chi connectivity index (χ1v) is 7.22. The van der Waals surface area contributed by atoms with Gasteiger partial charge in [-0.2, -0.15) is 0 Å². The highest BCUT2D eigenvalue weighted by atomic mass is 35.5. The second kappa shape index (κ2) is 4.58. The normalized spacial score (nSPS) is 32.9. The molecule has 1 aromatic rings. The zero-order chi connectivity index (χ0) is 14.6. The molecule has 108 valence electrons. The molecule has 1 aromatic carbocycles. The average molecular weight is 305 g/mol. The highest BCUT2D eigenvalue weighted by Gasteiger charge is 2.60. The fourth-order valence-corrected chi connectivity index (χ4v) is 3.49. The predicted molar refractivity (Wildman–Crippen MR) is 76.6 cm³/mol. The number of carbonyl (C=O) groups excluding carboxylic acids is 2. The first-order chi connectivity index (χ1) is 10.2. The molecule has 0 aliphatic carbocycles. The third-order valence-electron chi connectivity index (χ3n) is 4.30. The third-order valence-corrected chi connectivity index (χ3v) is 4.63. The maximum Gasteiger partial charge on any atom is 0.237 e. The molecule has 3 aliphatic rings. The van der Waals surface area contributed by atoms with E-state index in [-0.39, 0.29) is 42.5 Å². The predicted octanol–water partition coefficient (Wildman–Crippen LogP) is 1.65. The van der Waals surface area contributed by atoms with Gasteiger partial charge in [-0.15, -0.1) is 0 Å². The number of imide groups is 1. The smallest absolute Gasteiger partial charge is 0.237 e. The zero-order valence-corrected chi connectivity index (χ0v) is 11.8. The van der Waals surface area contributed by atoms with Crippen molar-refractivity contribution in [3.63, 3.8) is 0 Å². The fraction of sp³-hybridized carbons (Fsp3) is 0.333. The van der Waals surface area contributed by atoms with E-state index >= 15 is 0 Å². The molecule has 3 heterocycles. The first-order valence-electron chi connectivity index (χ1n) is 6.84. The van der Waals surface area contributed by atoms with Crippen molar-refractivity contribution in [1.82, 2.24) is 4.90 Å². The Hall–Kier alpha value is -1.85. The molecule has 0 saturated carbocycles. The standard InChI is InChI=1S/C15H13ClN2O3/c16-8-3-1-2-4-9(8)17-7-18-14(19)12-10-5-6-11(21-10)13(12)15(18)20/h1-6,10-13,17H,7H2. The molecule has 0 radical (unpaired) electrons. The Morgan fingerprint density at radius 2 is 1.71 bits per heavy atom. The molecule has 2 fully saturated rings. The van der Waals surface area contributed by atoms with Crippen LogP contribution in [0, 0.1) is 11.8 Å². The Morgan fingerprint density at radius 3 is 2.33 bits per heavy atom. The summed E-state index contributed by atoms with van der Waals surface area (Å²) in [6, 6.07) is 7.23. The molecule has 3 aliphatic heterocycles. The van der Waals surface area contributed by atoms with E-state index in [2.05, 4.69) is 5.32 Å². The van der Waals surface area contributed by atoms with Crippen LogP contribution in [0.15, 0.2) is 36.4 Å². The van der Waals surface area contributed by atoms with Crippen molar-refractivity contribution in [3.8, 4) is 0 Å². The molecule has 1 N–H and O–H groups in total. The maximum absolute atomic E-state index is 12.4. The number of halogens is 1. The number of amides is 2. The van der Waals surface area contributed by atoms with E-state index in [1.807, 2.05) is 30.4 Å². The van der Waals surface area contributed by atoms with Gasteiger partial charge in [-0.3, -0.25) is 14.5 Å². The van der Waals surface area contributed by atoms with Gasteiger partial charge in [0.1, 0.15) is 0 Å². The summed E-state index contributed by atoms with van der Waals surface area (Å²) in [6.07, 6.45) is 3.26. The van der Waals surface area contributed by atoms with Crippen LogP contribution in [0.2, 0.25) is 5.02 Å². The summed E-state index contributed by atoms with van der Waals surface area (Å²) in [5.41, 5.74) is 0.703. The van der Waals surface area contributed by atoms with Gasteiger partial charge in [-0.1, -0.05) is 35.9 Å². The van der Waals surface area contributed by atoms with Gasteiger partial charge in [-0.05, 0) is 12.1 Å². The lowest BCUT2D eigenvalue weighted by atomic mass is 9.85. The zero-order valence-electron chi connectivity index (χ0n) is 11.0. The number of benzene rings is 1. The van der Waals surface area contributed by atoms with Crippen LogP contribution in [0.25, 0.3) is 0 Å². The molecule has 4 rings (SSSR count). The van der Waals surface area contributed by atoms with Gasteiger partial charge in [-0.25, -0.2) is 0 Å². The van der Waals surface area contributed by atoms with E-state index < -0.39 is 0 Å². The highest BCUT2D eigenvalue weighted by Crippen LogP contribution is 2.44. The fourth-order valence-electron chi connectivity index (χ4n) is 3.29. The Balaban J connectivity index is 1.51. The van der Waals surface area contributed by atoms with Crippen molar-refractivity contribution in [1.29, 1.82) is 0 Å². The molecular weight excluding hydrogens is 292 g/mol. The Bertz CT molecular complexity index is 630. The SMILES string of the molecule is O=C1C2C3C=CC(O3)C2C(=O)N1CNc1ccccc1Cl. The third kappa shape index (κ3) is 1.81. The molecule has 2 bridgehead atoms. The maximum atomic E-state index is 12.4. The number of nitrogens with zero attached hydrogens (tertiary/aromatic N) is 1. The van der Waals surface area contributed by atoms with Crippen LogP contribution in [0.3, 0.4) is 0 Å². The molecular formula is C15H13ClN2O3. The van der Waals surface area contributed by atoms with Crippen molar-refractivity contribution in [3.05, 3.63) is 41.4 Å². The number of nitrogens with one attached hydrogen (secondary N) is 1. The second-order valence-corrected chi connectivity index (χ2v) is 5.83. The number of ether oxygens (including phenoxy) is 1. The summed E-state index contributed by atoms with van der Waals surface area (Å²) < 4.78 is 5.59. The molecule has 6 heteroatoms. The minimum atomic E-state index is -0.361. The van der Waals surface area contributed by atoms with Gasteiger partial charge in [0.05, 0.1) is 41.4 Å². The van der Waals surface area contributed by atoms with Crippen LogP contribution in [-0.4, -0.2) is 35.6 Å². The average Bonchev–Trinajstić information content (AvgIpc) is 3.14. The summed E-state index contributed by atoms with van der Waals surface area (Å²) in [7, 11) is 0. The van der Waals surface area contributed by atoms with Gasteiger partial charge in [0.25, 0.3) is 0 Å². The Labute approximate surface area is 126 Å². The molecule has 21 heavy (non-hydrogen) atoms. The van der Waals surface area contributed by atoms with E-state index in [1.165, 1.54) is 4.90 Å². The van der Waals surface area contributed by atoms with Crippen molar-refractivity contribution >= 4 is 29.1 Å². The van der Waals surface area contributed by atoms with Crippen LogP contribution in [0.1, 0.15) is 0 Å². The monoisotopic (exact) mass is 304 g/mol. The Morgan fingerprint density at radius 1 is 1.10 bits per heavy atom. The summed E-state index contributed by atoms with van der Waals surface area (Å²) in [5.74, 6) is -1.05. The number of carbonyl (C=O) groups is 2. The molecule has 2 saturated heterocycles. The van der Waals surface area contributed by atoms with Crippen LogP contribution in [0.5, 0.6) is 0 Å². The first kappa shape index (κ1) is 12.9. The summed E-state index contributed by atoms with van der Waals surface area (Å²) >= 11 is 6.05. The van der Waals surface area contributed by atoms with Crippen molar-refractivity contribution < 1.29 is 14.3 Å². The van der Waals surface area contributed by atoms with E-state index in [1.54, 1.807) is 6.07 Å². The van der Waals surface area contributed by atoms with Crippen LogP contribution < -0.4 is 5.32 Å². The Kier molecular flexibility index (Phi) is 2.80. The lowest BCUT2D eigenvalue weighted by Gasteiger charge is -2.19. The van der Waals surface area contributed by atoms with Crippen LogP contribution >= 0.6 is 11.6 Å². The molecule has 4 unspecified atom stereocenters. The molecule has 2 amide bonds. The number of fused-ring (bicyclic) bond motifs is 5. The lowest BCUT2D eigenvalue weighted by molar-refractivity contribution is -0.141. The van der Waals surface area contributed by atoms with Gasteiger partial charge in [0, 0.05) is 0 Å². The van der Waals surface area contributed by atoms with Crippen LogP contribution in [0.4, 0.5) is 5.69 Å². The minimum absolute atomic E-state index is 0.133. The number of para-hydroxylation sites is 1. The number of anilines is 1. The van der Waals surface area contributed by atoms with E-state index in [4.69, 9.17) is 16.3 Å². The summed E-state index contributed by atoms with van der Waals surface area (Å²) in [4.78, 5) is 26.1. The molecule has 5 nitrogen and oxygen atoms in total. The van der Waals surface area contributed by atoms with Crippen molar-refractivity contribution in [2.24, 2.45) is 11.8 Å². The molecule has 0 aromatic heterocycles. The number of hydrogen-bond acceptors (Lipinski definition) is 4.